The number of hydrogen-bond acceptors (Lipinski definition) is 4. The van der Waals surface area contributed by atoms with E-state index in [0.717, 1.165) is 23.5 Å². The minimum absolute atomic E-state index is 0.122. The average molecular weight is 300 g/mol. The van der Waals surface area contributed by atoms with Gasteiger partial charge in [0.15, 0.2) is 5.16 Å². The van der Waals surface area contributed by atoms with Crippen LogP contribution in [0.4, 0.5) is 0 Å². The molecule has 1 atom stereocenters. The van der Waals surface area contributed by atoms with Crippen molar-refractivity contribution in [3.8, 4) is 6.07 Å². The Morgan fingerprint density at radius 1 is 1.62 bits per heavy atom. The number of amides is 1. The van der Waals surface area contributed by atoms with E-state index in [4.69, 9.17) is 0 Å². The van der Waals surface area contributed by atoms with Gasteiger partial charge in [0.25, 0.3) is 0 Å². The largest absolute Gasteiger partial charge is 0.337 e. The van der Waals surface area contributed by atoms with Gasteiger partial charge in [0.1, 0.15) is 5.54 Å². The van der Waals surface area contributed by atoms with Crippen molar-refractivity contribution in [2.75, 3.05) is 5.75 Å². The van der Waals surface area contributed by atoms with Crippen molar-refractivity contribution in [2.45, 2.75) is 30.5 Å². The zero-order valence-corrected chi connectivity index (χ0v) is 12.6. The fraction of sp³-hybridized carbons (Fsp3) is 0.400. The Bertz CT molecular complexity index is 716. The van der Waals surface area contributed by atoms with Gasteiger partial charge in [0.2, 0.25) is 5.91 Å². The lowest BCUT2D eigenvalue weighted by Gasteiger charge is -2.22. The molecule has 1 aliphatic carbocycles. The molecule has 5 nitrogen and oxygen atoms in total. The first-order chi connectivity index (χ1) is 10.1. The molecule has 1 fully saturated rings. The number of fused-ring (bicyclic) bond motifs is 1. The van der Waals surface area contributed by atoms with E-state index in [1.54, 1.807) is 13.1 Å². The first-order valence-electron chi connectivity index (χ1n) is 6.89. The van der Waals surface area contributed by atoms with E-state index in [0.29, 0.717) is 5.92 Å². The molecule has 2 aromatic rings. The van der Waals surface area contributed by atoms with Crippen LogP contribution in [0.2, 0.25) is 0 Å². The molecule has 0 bridgehead atoms. The summed E-state index contributed by atoms with van der Waals surface area (Å²) in [5.41, 5.74) is 0.270. The highest BCUT2D eigenvalue weighted by molar-refractivity contribution is 7.99. The summed E-state index contributed by atoms with van der Waals surface area (Å²) in [7, 11) is 0. The summed E-state index contributed by atoms with van der Waals surface area (Å²) in [6.45, 7) is 1.80. The Kier molecular flexibility index (Phi) is 3.60. The second-order valence-corrected chi connectivity index (χ2v) is 6.40. The molecule has 108 valence electrons. The smallest absolute Gasteiger partial charge is 0.231 e. The second kappa shape index (κ2) is 5.41. The zero-order chi connectivity index (χ0) is 14.9. The van der Waals surface area contributed by atoms with Gasteiger partial charge < -0.3 is 5.32 Å². The number of thioether (sulfide) groups is 1. The maximum atomic E-state index is 12.1. The lowest BCUT2D eigenvalue weighted by Crippen LogP contribution is -2.47. The number of nitriles is 1. The summed E-state index contributed by atoms with van der Waals surface area (Å²) < 4.78 is 1.95. The van der Waals surface area contributed by atoms with Gasteiger partial charge in [-0.05, 0) is 37.8 Å². The molecule has 0 aromatic carbocycles. The molecule has 1 N–H and O–H groups in total. The monoisotopic (exact) mass is 300 g/mol. The Morgan fingerprint density at radius 3 is 3.14 bits per heavy atom. The van der Waals surface area contributed by atoms with E-state index in [1.807, 2.05) is 28.8 Å². The van der Waals surface area contributed by atoms with Crippen LogP contribution in [0, 0.1) is 17.2 Å². The normalized spacial score (nSPS) is 17.1. The van der Waals surface area contributed by atoms with E-state index < -0.39 is 5.54 Å². The lowest BCUT2D eigenvalue weighted by atomic mass is 9.98. The van der Waals surface area contributed by atoms with E-state index in [9.17, 15) is 10.1 Å². The van der Waals surface area contributed by atoms with Gasteiger partial charge in [-0.3, -0.25) is 9.20 Å². The van der Waals surface area contributed by atoms with Crippen molar-refractivity contribution >= 4 is 23.2 Å². The third-order valence-corrected chi connectivity index (χ3v) is 4.73. The van der Waals surface area contributed by atoms with Crippen molar-refractivity contribution in [3.05, 3.63) is 30.6 Å². The third kappa shape index (κ3) is 2.88. The summed E-state index contributed by atoms with van der Waals surface area (Å²) in [6.07, 6.45) is 5.74. The molecule has 1 amide bonds. The van der Waals surface area contributed by atoms with Crippen molar-refractivity contribution in [1.29, 1.82) is 5.26 Å². The first kappa shape index (κ1) is 14.0. The molecule has 0 spiro atoms. The van der Waals surface area contributed by atoms with Crippen LogP contribution < -0.4 is 5.32 Å². The molecule has 1 unspecified atom stereocenters. The minimum Gasteiger partial charge on any atom is -0.337 e. The predicted molar refractivity (Wildman–Crippen MR) is 80.8 cm³/mol. The molecule has 0 saturated heterocycles. The SMILES string of the molecule is CC(C#N)(NC(=O)CSc1ncc2ccccn12)C1CC1. The maximum Gasteiger partial charge on any atom is 0.231 e. The molecular formula is C15H16N4OS. The van der Waals surface area contributed by atoms with Crippen LogP contribution in [0.1, 0.15) is 19.8 Å². The molecule has 2 aromatic heterocycles. The van der Waals surface area contributed by atoms with Crippen LogP contribution in [-0.4, -0.2) is 26.6 Å². The van der Waals surface area contributed by atoms with Crippen LogP contribution in [0.25, 0.3) is 5.52 Å². The van der Waals surface area contributed by atoms with E-state index in [1.165, 1.54) is 11.8 Å². The highest BCUT2D eigenvalue weighted by Crippen LogP contribution is 2.39. The Balaban J connectivity index is 1.62. The number of rotatable bonds is 5. The van der Waals surface area contributed by atoms with Crippen molar-refractivity contribution < 1.29 is 4.79 Å². The number of hydrogen-bond donors (Lipinski definition) is 1. The van der Waals surface area contributed by atoms with Gasteiger partial charge in [-0.1, -0.05) is 17.8 Å². The predicted octanol–water partition coefficient (Wildman–Crippen LogP) is 2.23. The fourth-order valence-electron chi connectivity index (χ4n) is 2.36. The Hall–Kier alpha value is -2.00. The number of aromatic nitrogens is 2. The minimum atomic E-state index is -0.730. The maximum absolute atomic E-state index is 12.1. The molecule has 0 radical (unpaired) electrons. The Morgan fingerprint density at radius 2 is 2.43 bits per heavy atom. The number of carbonyl (C=O) groups is 1. The number of pyridine rings is 1. The van der Waals surface area contributed by atoms with E-state index in [-0.39, 0.29) is 11.7 Å². The molecule has 0 aliphatic heterocycles. The highest BCUT2D eigenvalue weighted by Gasteiger charge is 2.42. The fourth-order valence-corrected chi connectivity index (χ4v) is 3.13. The van der Waals surface area contributed by atoms with Gasteiger partial charge in [0.05, 0.1) is 23.5 Å². The summed E-state index contributed by atoms with van der Waals surface area (Å²) in [5, 5.41) is 12.9. The topological polar surface area (TPSA) is 70.2 Å². The summed E-state index contributed by atoms with van der Waals surface area (Å²) >= 11 is 1.38. The summed E-state index contributed by atoms with van der Waals surface area (Å²) in [4.78, 5) is 16.4. The highest BCUT2D eigenvalue weighted by atomic mass is 32.2. The molecule has 2 heterocycles. The number of nitrogens with zero attached hydrogens (tertiary/aromatic N) is 3. The first-order valence-corrected chi connectivity index (χ1v) is 7.88. The Labute approximate surface area is 127 Å². The summed E-state index contributed by atoms with van der Waals surface area (Å²) in [6, 6.07) is 8.08. The molecule has 1 saturated carbocycles. The van der Waals surface area contributed by atoms with E-state index >= 15 is 0 Å². The van der Waals surface area contributed by atoms with Crippen LogP contribution in [0.3, 0.4) is 0 Å². The summed E-state index contributed by atoms with van der Waals surface area (Å²) in [5.74, 6) is 0.435. The standard InChI is InChI=1S/C15H16N4OS/c1-15(10-16,11-5-6-11)18-13(20)9-21-14-17-8-12-4-2-3-7-19(12)14/h2-4,7-8,11H,5-6,9H2,1H3,(H,18,20). The number of carbonyl (C=O) groups excluding carboxylic acids is 1. The molecule has 1 aliphatic rings. The molecule has 21 heavy (non-hydrogen) atoms. The van der Waals surface area contributed by atoms with Crippen LogP contribution in [0.15, 0.2) is 35.7 Å². The van der Waals surface area contributed by atoms with Gasteiger partial charge in [-0.15, -0.1) is 0 Å². The van der Waals surface area contributed by atoms with Gasteiger partial charge >= 0.3 is 0 Å². The van der Waals surface area contributed by atoms with Crippen molar-refractivity contribution in [2.24, 2.45) is 5.92 Å². The van der Waals surface area contributed by atoms with Crippen LogP contribution in [-0.2, 0) is 4.79 Å². The number of nitrogens with one attached hydrogen (secondary N) is 1. The average Bonchev–Trinajstić information content (AvgIpc) is 3.27. The van der Waals surface area contributed by atoms with Gasteiger partial charge in [-0.25, -0.2) is 4.98 Å². The van der Waals surface area contributed by atoms with Crippen molar-refractivity contribution in [3.63, 3.8) is 0 Å². The zero-order valence-electron chi connectivity index (χ0n) is 11.7. The van der Waals surface area contributed by atoms with Crippen LogP contribution >= 0.6 is 11.8 Å². The van der Waals surface area contributed by atoms with Crippen LogP contribution in [0.5, 0.6) is 0 Å². The van der Waals surface area contributed by atoms with Gasteiger partial charge in [-0.2, -0.15) is 5.26 Å². The quantitative estimate of drug-likeness (QED) is 0.860. The lowest BCUT2D eigenvalue weighted by molar-refractivity contribution is -0.119. The molecule has 3 rings (SSSR count). The second-order valence-electron chi connectivity index (χ2n) is 5.46. The van der Waals surface area contributed by atoms with Gasteiger partial charge in [0, 0.05) is 6.20 Å². The van der Waals surface area contributed by atoms with E-state index in [2.05, 4.69) is 16.4 Å². The third-order valence-electron chi connectivity index (χ3n) is 3.76. The number of imidazole rings is 1. The molecule has 6 heteroatoms. The van der Waals surface area contributed by atoms with Crippen molar-refractivity contribution in [1.82, 2.24) is 14.7 Å². The molecular weight excluding hydrogens is 284 g/mol.